The predicted octanol–water partition coefficient (Wildman–Crippen LogP) is 2.07. The third-order valence-electron chi connectivity index (χ3n) is 4.15. The lowest BCUT2D eigenvalue weighted by molar-refractivity contribution is 0.105. The lowest BCUT2D eigenvalue weighted by atomic mass is 10.3. The Morgan fingerprint density at radius 1 is 1.19 bits per heavy atom. The van der Waals surface area contributed by atoms with Crippen LogP contribution in [0.3, 0.4) is 0 Å². The number of piperazine rings is 1. The van der Waals surface area contributed by atoms with Gasteiger partial charge in [-0.2, -0.15) is 4.98 Å². The molecule has 0 radical (unpaired) electrons. The van der Waals surface area contributed by atoms with E-state index in [2.05, 4.69) is 25.2 Å². The Kier molecular flexibility index (Phi) is 5.83. The largest absolute Gasteiger partial charge is 0.450 e. The Bertz CT molecular complexity index is 732. The fourth-order valence-electron chi connectivity index (χ4n) is 2.78. The number of ether oxygens (including phenoxy) is 1. The Morgan fingerprint density at radius 3 is 2.62 bits per heavy atom. The topological polar surface area (TPSA) is 83.5 Å². The molecule has 1 aliphatic rings. The second kappa shape index (κ2) is 8.46. The Labute approximate surface area is 153 Å². The number of nitrogens with one attached hydrogen (secondary N) is 1. The number of pyridine rings is 1. The molecule has 0 unspecified atom stereocenters. The molecule has 8 nitrogen and oxygen atoms in total. The Balaban J connectivity index is 1.62. The fourth-order valence-corrected chi connectivity index (χ4v) is 2.78. The quantitative estimate of drug-likeness (QED) is 0.878. The number of hydrogen-bond acceptors (Lipinski definition) is 7. The van der Waals surface area contributed by atoms with Gasteiger partial charge in [0.2, 0.25) is 5.95 Å². The average molecular weight is 356 g/mol. The van der Waals surface area contributed by atoms with Gasteiger partial charge >= 0.3 is 6.09 Å². The van der Waals surface area contributed by atoms with Crippen LogP contribution in [-0.2, 0) is 11.3 Å². The van der Waals surface area contributed by atoms with Gasteiger partial charge in [0, 0.05) is 56.9 Å². The number of nitrogens with zero attached hydrogens (tertiary/aromatic N) is 5. The smallest absolute Gasteiger partial charge is 0.409 e. The number of anilines is 2. The SMILES string of the molecule is CCOC(=O)N1CCN(c2nc(C)cc(NCc3ccncc3)n2)CC1. The lowest BCUT2D eigenvalue weighted by Gasteiger charge is -2.34. The molecule has 0 spiro atoms. The van der Waals surface area contributed by atoms with E-state index in [1.54, 1.807) is 17.3 Å². The highest BCUT2D eigenvalue weighted by atomic mass is 16.6. The molecular formula is C18H24N6O2. The molecule has 1 amide bonds. The normalized spacial score (nSPS) is 14.2. The van der Waals surface area contributed by atoms with Crippen LogP contribution in [0.25, 0.3) is 0 Å². The van der Waals surface area contributed by atoms with Gasteiger partial charge in [-0.1, -0.05) is 0 Å². The molecule has 0 aliphatic carbocycles. The zero-order valence-electron chi connectivity index (χ0n) is 15.2. The van der Waals surface area contributed by atoms with Crippen molar-refractivity contribution in [1.29, 1.82) is 0 Å². The van der Waals surface area contributed by atoms with E-state index in [1.807, 2.05) is 32.0 Å². The fraction of sp³-hybridized carbons (Fsp3) is 0.444. The van der Waals surface area contributed by atoms with Crippen LogP contribution in [0.4, 0.5) is 16.6 Å². The van der Waals surface area contributed by atoms with Gasteiger partial charge in [0.25, 0.3) is 0 Å². The van der Waals surface area contributed by atoms with Crippen LogP contribution in [-0.4, -0.2) is 58.7 Å². The van der Waals surface area contributed by atoms with Gasteiger partial charge in [-0.15, -0.1) is 0 Å². The summed E-state index contributed by atoms with van der Waals surface area (Å²) in [6, 6.07) is 5.87. The van der Waals surface area contributed by atoms with Crippen LogP contribution in [0.15, 0.2) is 30.6 Å². The molecule has 1 aliphatic heterocycles. The first-order valence-corrected chi connectivity index (χ1v) is 8.81. The summed E-state index contributed by atoms with van der Waals surface area (Å²) in [5.41, 5.74) is 2.04. The van der Waals surface area contributed by atoms with Crippen molar-refractivity contribution in [2.75, 3.05) is 43.0 Å². The van der Waals surface area contributed by atoms with Crippen molar-refractivity contribution in [2.45, 2.75) is 20.4 Å². The van der Waals surface area contributed by atoms with Crippen LogP contribution >= 0.6 is 0 Å². The van der Waals surface area contributed by atoms with E-state index in [4.69, 9.17) is 4.74 Å². The third kappa shape index (κ3) is 4.59. The van der Waals surface area contributed by atoms with Gasteiger partial charge < -0.3 is 19.9 Å². The molecule has 2 aromatic rings. The highest BCUT2D eigenvalue weighted by molar-refractivity contribution is 5.68. The first-order chi connectivity index (χ1) is 12.7. The summed E-state index contributed by atoms with van der Waals surface area (Å²) in [4.78, 5) is 28.8. The number of rotatable bonds is 5. The molecule has 1 saturated heterocycles. The number of hydrogen-bond donors (Lipinski definition) is 1. The van der Waals surface area contributed by atoms with E-state index in [9.17, 15) is 4.79 Å². The Morgan fingerprint density at radius 2 is 1.92 bits per heavy atom. The molecule has 26 heavy (non-hydrogen) atoms. The summed E-state index contributed by atoms with van der Waals surface area (Å²) in [6.07, 6.45) is 3.30. The van der Waals surface area contributed by atoms with Crippen LogP contribution in [0.5, 0.6) is 0 Å². The highest BCUT2D eigenvalue weighted by Gasteiger charge is 2.23. The van der Waals surface area contributed by atoms with E-state index in [-0.39, 0.29) is 6.09 Å². The molecule has 1 fully saturated rings. The molecule has 0 bridgehead atoms. The van der Waals surface area contributed by atoms with Crippen molar-refractivity contribution in [3.63, 3.8) is 0 Å². The van der Waals surface area contributed by atoms with Gasteiger partial charge in [-0.25, -0.2) is 9.78 Å². The average Bonchev–Trinajstić information content (AvgIpc) is 2.67. The Hall–Kier alpha value is -2.90. The van der Waals surface area contributed by atoms with Gasteiger partial charge in [0.15, 0.2) is 0 Å². The third-order valence-corrected chi connectivity index (χ3v) is 4.15. The number of carbonyl (C=O) groups excluding carboxylic acids is 1. The number of amides is 1. The van der Waals surface area contributed by atoms with E-state index in [0.29, 0.717) is 45.3 Å². The number of aromatic nitrogens is 3. The van der Waals surface area contributed by atoms with E-state index < -0.39 is 0 Å². The monoisotopic (exact) mass is 356 g/mol. The summed E-state index contributed by atoms with van der Waals surface area (Å²) in [7, 11) is 0. The summed E-state index contributed by atoms with van der Waals surface area (Å²) in [5, 5.41) is 3.33. The van der Waals surface area contributed by atoms with E-state index in [1.165, 1.54) is 0 Å². The van der Waals surface area contributed by atoms with Gasteiger partial charge in [-0.05, 0) is 31.5 Å². The first kappa shape index (κ1) is 17.9. The van der Waals surface area contributed by atoms with E-state index in [0.717, 1.165) is 17.1 Å². The minimum absolute atomic E-state index is 0.253. The molecular weight excluding hydrogens is 332 g/mol. The summed E-state index contributed by atoms with van der Waals surface area (Å²) < 4.78 is 5.06. The van der Waals surface area contributed by atoms with Crippen molar-refractivity contribution < 1.29 is 9.53 Å². The highest BCUT2D eigenvalue weighted by Crippen LogP contribution is 2.16. The van der Waals surface area contributed by atoms with Crippen molar-refractivity contribution >= 4 is 17.9 Å². The standard InChI is InChI=1S/C18H24N6O2/c1-3-26-18(25)24-10-8-23(9-11-24)17-21-14(2)12-16(22-17)20-13-15-4-6-19-7-5-15/h4-7,12H,3,8-11,13H2,1-2H3,(H,20,21,22). The maximum Gasteiger partial charge on any atom is 0.409 e. The molecule has 0 atom stereocenters. The van der Waals surface area contributed by atoms with Gasteiger partial charge in [-0.3, -0.25) is 4.98 Å². The number of aryl methyl sites for hydroxylation is 1. The molecule has 3 rings (SSSR count). The van der Waals surface area contributed by atoms with Crippen molar-refractivity contribution in [3.05, 3.63) is 41.9 Å². The lowest BCUT2D eigenvalue weighted by Crippen LogP contribution is -2.49. The molecule has 0 aromatic carbocycles. The minimum Gasteiger partial charge on any atom is -0.450 e. The van der Waals surface area contributed by atoms with E-state index >= 15 is 0 Å². The van der Waals surface area contributed by atoms with Gasteiger partial charge in [0.05, 0.1) is 6.61 Å². The summed E-state index contributed by atoms with van der Waals surface area (Å²) in [5.74, 6) is 1.47. The second-order valence-electron chi connectivity index (χ2n) is 6.08. The first-order valence-electron chi connectivity index (χ1n) is 8.81. The molecule has 1 N–H and O–H groups in total. The van der Waals surface area contributed by atoms with Crippen molar-refractivity contribution in [1.82, 2.24) is 19.9 Å². The van der Waals surface area contributed by atoms with Crippen LogP contribution < -0.4 is 10.2 Å². The number of carbonyl (C=O) groups is 1. The van der Waals surface area contributed by atoms with Crippen LogP contribution in [0.2, 0.25) is 0 Å². The van der Waals surface area contributed by atoms with Crippen LogP contribution in [0.1, 0.15) is 18.2 Å². The zero-order chi connectivity index (χ0) is 18.4. The molecule has 2 aromatic heterocycles. The summed E-state index contributed by atoms with van der Waals surface area (Å²) in [6.45, 7) is 7.43. The van der Waals surface area contributed by atoms with Crippen molar-refractivity contribution in [3.8, 4) is 0 Å². The van der Waals surface area contributed by atoms with Crippen molar-refractivity contribution in [2.24, 2.45) is 0 Å². The predicted molar refractivity (Wildman–Crippen MR) is 99.1 cm³/mol. The minimum atomic E-state index is -0.253. The van der Waals surface area contributed by atoms with Gasteiger partial charge in [0.1, 0.15) is 5.82 Å². The second-order valence-corrected chi connectivity index (χ2v) is 6.08. The maximum atomic E-state index is 11.8. The zero-order valence-corrected chi connectivity index (χ0v) is 15.2. The molecule has 3 heterocycles. The molecule has 138 valence electrons. The molecule has 8 heteroatoms. The summed E-state index contributed by atoms with van der Waals surface area (Å²) >= 11 is 0. The molecule has 0 saturated carbocycles. The van der Waals surface area contributed by atoms with Crippen LogP contribution in [0, 0.1) is 6.92 Å². The maximum absolute atomic E-state index is 11.8.